The van der Waals surface area contributed by atoms with Gasteiger partial charge in [-0.3, -0.25) is 43.2 Å². The summed E-state index contributed by atoms with van der Waals surface area (Å²) >= 11 is 6.07. The van der Waals surface area contributed by atoms with Gasteiger partial charge in [0.2, 0.25) is 47.3 Å². The number of phenols is 2. The molecular weight excluding hydrogens is 1080 g/mol. The average Bonchev–Trinajstić information content (AvgIpc) is 3.41. The Morgan fingerprint density at radius 1 is 0.684 bits per heavy atom. The van der Waals surface area contributed by atoms with Crippen molar-refractivity contribution in [1.82, 2.24) is 31.9 Å². The quantitative estimate of drug-likeness (QED) is 0.0444. The van der Waals surface area contributed by atoms with Crippen LogP contribution < -0.4 is 54.8 Å². The Morgan fingerprint density at radius 2 is 1.23 bits per heavy atom. The van der Waals surface area contributed by atoms with E-state index in [0.29, 0.717) is 33.7 Å². The molecule has 22 nitrogen and oxygen atoms in total. The number of amides is 8. The Labute approximate surface area is 469 Å². The monoisotopic (exact) mass is 1150 g/mol. The molecule has 424 valence electrons. The molecule has 1 heterocycles. The number of benzene rings is 4. The summed E-state index contributed by atoms with van der Waals surface area (Å²) in [5.41, 5.74) is 25.7. The summed E-state index contributed by atoms with van der Waals surface area (Å²) in [5.74, 6) is -9.45. The maximum Gasteiger partial charge on any atom is 0.248 e. The highest BCUT2D eigenvalue weighted by Crippen LogP contribution is 2.26. The summed E-state index contributed by atoms with van der Waals surface area (Å²) in [6.45, 7) is 1.43. The lowest BCUT2D eigenvalue weighted by atomic mass is 9.90. The molecule has 8 amide bonds. The molecule has 9 atom stereocenters. The van der Waals surface area contributed by atoms with E-state index in [-0.39, 0.29) is 73.6 Å². The van der Waals surface area contributed by atoms with Gasteiger partial charge in [-0.15, -0.1) is 0 Å². The first-order chi connectivity index (χ1) is 37.6. The van der Waals surface area contributed by atoms with Crippen LogP contribution in [0.3, 0.4) is 0 Å². The molecule has 0 radical (unpaired) electrons. The van der Waals surface area contributed by atoms with Crippen molar-refractivity contribution in [2.45, 2.75) is 107 Å². The first-order valence-electron chi connectivity index (χ1n) is 25.3. The number of primary amides is 2. The Balaban J connectivity index is 1.57. The molecule has 5 rings (SSSR count). The summed E-state index contributed by atoms with van der Waals surface area (Å²) < 4.78 is 0. The fraction of sp³-hybridized carbons (Fsp3) is 0.389. The van der Waals surface area contributed by atoms with Crippen molar-refractivity contribution in [1.29, 1.82) is 0 Å². The topological polar surface area (TPSA) is 391 Å². The van der Waals surface area contributed by atoms with E-state index in [1.807, 2.05) is 0 Å². The molecule has 1 aliphatic rings. The predicted octanol–water partition coefficient (Wildman–Crippen LogP) is 0.322. The Kier molecular flexibility index (Phi) is 24.4. The van der Waals surface area contributed by atoms with Crippen LogP contribution in [0.1, 0.15) is 65.2 Å². The van der Waals surface area contributed by atoms with Gasteiger partial charge in [-0.05, 0) is 116 Å². The zero-order chi connectivity index (χ0) is 57.8. The minimum absolute atomic E-state index is 0.0419. The van der Waals surface area contributed by atoms with Gasteiger partial charge in [-0.2, -0.15) is 0 Å². The van der Waals surface area contributed by atoms with Gasteiger partial charge in [0, 0.05) is 47.3 Å². The van der Waals surface area contributed by atoms with Gasteiger partial charge in [0.1, 0.15) is 41.7 Å². The highest BCUT2D eigenvalue weighted by atomic mass is 35.5. The highest BCUT2D eigenvalue weighted by Gasteiger charge is 2.37. The Bertz CT molecular complexity index is 2760. The van der Waals surface area contributed by atoms with Crippen LogP contribution in [0.4, 0.5) is 0 Å². The van der Waals surface area contributed by atoms with Crippen molar-refractivity contribution < 1.29 is 58.5 Å². The molecule has 0 bridgehead atoms. The minimum atomic E-state index is -1.75. The molecule has 0 spiro atoms. The molecule has 0 saturated carbocycles. The molecule has 4 aromatic rings. The predicted molar refractivity (Wildman–Crippen MR) is 299 cm³/mol. The second-order valence-electron chi connectivity index (χ2n) is 19.1. The summed E-state index contributed by atoms with van der Waals surface area (Å²) in [7, 11) is 1.97. The van der Waals surface area contributed by atoms with Crippen molar-refractivity contribution >= 4 is 86.2 Å². The fourth-order valence-electron chi connectivity index (χ4n) is 8.29. The Morgan fingerprint density at radius 3 is 1.82 bits per heavy atom. The van der Waals surface area contributed by atoms with Gasteiger partial charge in [0.25, 0.3) is 0 Å². The molecular formula is C54H67ClN10O12S2. The molecule has 1 unspecified atom stereocenters. The molecule has 0 aromatic heterocycles. The number of nitrogens with two attached hydrogens (primary N) is 4. The molecule has 25 heteroatoms. The van der Waals surface area contributed by atoms with Crippen LogP contribution in [0, 0.1) is 5.92 Å². The number of hydrogen-bond acceptors (Lipinski definition) is 16. The van der Waals surface area contributed by atoms with Crippen molar-refractivity contribution in [3.63, 3.8) is 0 Å². The number of carbonyl (C=O) groups excluding carboxylic acids is 9. The summed E-state index contributed by atoms with van der Waals surface area (Å²) in [6, 6.07) is 14.2. The van der Waals surface area contributed by atoms with Gasteiger partial charge in [0.15, 0.2) is 5.78 Å². The van der Waals surface area contributed by atoms with Crippen LogP contribution in [-0.2, 0) is 64.0 Å². The summed E-state index contributed by atoms with van der Waals surface area (Å²) in [5, 5.41) is 47.2. The van der Waals surface area contributed by atoms with Crippen molar-refractivity contribution in [2.75, 3.05) is 18.1 Å². The maximum absolute atomic E-state index is 14.8. The SMILES string of the molecule is C[C@@H](O)[C@@H]1NC(=O)[C@H](CCCCN)NC(=O)[C@@H](Cc2ccc(C(N)=O)cc2)NC(=O)[C@H](Cc2ccc(O)cc2)CC(=O)[C@H](NC(=O)[C@@H](N)Cc2ccc(Cl)cc2)CSSC[C@@H](C(=O)NC(Cc2ccc(O)cc2)C(N)=O)NC1=O. The first kappa shape index (κ1) is 62.6. The minimum Gasteiger partial charge on any atom is -0.508 e. The molecule has 4 aromatic carbocycles. The van der Waals surface area contributed by atoms with Gasteiger partial charge in [-0.25, -0.2) is 0 Å². The number of ketones is 1. The molecule has 79 heavy (non-hydrogen) atoms. The third-order valence-corrected chi connectivity index (χ3v) is 15.5. The smallest absolute Gasteiger partial charge is 0.248 e. The first-order valence-corrected chi connectivity index (χ1v) is 28.2. The van der Waals surface area contributed by atoms with Crippen LogP contribution in [-0.4, -0.2) is 135 Å². The van der Waals surface area contributed by atoms with Crippen molar-refractivity contribution in [2.24, 2.45) is 28.9 Å². The van der Waals surface area contributed by atoms with Crippen LogP contribution in [0.25, 0.3) is 0 Å². The molecule has 17 N–H and O–H groups in total. The second kappa shape index (κ2) is 30.8. The molecule has 1 fully saturated rings. The number of Topliss-reactive ketones (excluding diaryl/α,β-unsaturated/α-hetero) is 1. The van der Waals surface area contributed by atoms with E-state index in [1.165, 1.54) is 67.6 Å². The zero-order valence-corrected chi connectivity index (χ0v) is 45.6. The molecule has 1 aliphatic heterocycles. The van der Waals surface area contributed by atoms with Crippen molar-refractivity contribution in [3.05, 3.63) is 130 Å². The lowest BCUT2D eigenvalue weighted by molar-refractivity contribution is -0.137. The van der Waals surface area contributed by atoms with E-state index in [4.69, 9.17) is 34.5 Å². The van der Waals surface area contributed by atoms with E-state index in [2.05, 4.69) is 31.9 Å². The van der Waals surface area contributed by atoms with E-state index in [0.717, 1.165) is 21.6 Å². The van der Waals surface area contributed by atoms with Gasteiger partial charge < -0.3 is 70.2 Å². The van der Waals surface area contributed by atoms with Gasteiger partial charge in [0.05, 0.1) is 18.2 Å². The van der Waals surface area contributed by atoms with Crippen molar-refractivity contribution in [3.8, 4) is 11.5 Å². The maximum atomic E-state index is 14.8. The number of aliphatic hydroxyl groups is 1. The normalized spacial score (nSPS) is 21.2. The largest absolute Gasteiger partial charge is 0.508 e. The lowest BCUT2D eigenvalue weighted by Gasteiger charge is -2.29. The number of nitrogens with one attached hydrogen (secondary N) is 6. The number of phenolic OH excluding ortho intramolecular Hbond substituents is 2. The van der Waals surface area contributed by atoms with E-state index in [9.17, 15) is 58.5 Å². The van der Waals surface area contributed by atoms with E-state index >= 15 is 0 Å². The summed E-state index contributed by atoms with van der Waals surface area (Å²) in [6.07, 6.45) is -1.90. The number of unbranched alkanes of at least 4 members (excludes halogenated alkanes) is 1. The molecule has 0 aliphatic carbocycles. The number of rotatable bonds is 19. The van der Waals surface area contributed by atoms with Crippen LogP contribution >= 0.6 is 33.2 Å². The Hall–Kier alpha value is -7.22. The third-order valence-electron chi connectivity index (χ3n) is 12.8. The van der Waals surface area contributed by atoms with Gasteiger partial charge in [-0.1, -0.05) is 81.7 Å². The van der Waals surface area contributed by atoms with E-state index in [1.54, 1.807) is 36.4 Å². The number of aromatic hydroxyl groups is 2. The standard InChI is InChI=1S/C54H67ClN10O12S2/c1-29(66)46-54(77)64-44(53(76)61-41(48(59)71)24-33-11-19-38(68)20-12-33)28-79-78-27-43(63-50(73)39(57)23-31-7-15-36(55)16-8-31)45(69)26-35(22-30-9-17-37(67)18-10-30)49(72)62-42(25-32-5-13-34(14-6-32)47(58)70)52(75)60-40(51(74)65-46)4-2-3-21-56/h5-20,29,35,39-44,46,66-68H,2-4,21-28,56-57H2,1H3,(H2,58,70)(H2,59,71)(H,60,75)(H,61,76)(H,62,72)(H,63,73)(H,64,77)(H,65,74)/t29-,35-,39+,40+,41?,42-,43-,44+,46+/m1/s1. The number of halogens is 1. The van der Waals surface area contributed by atoms with Gasteiger partial charge >= 0.3 is 0 Å². The second-order valence-corrected chi connectivity index (χ2v) is 22.1. The summed E-state index contributed by atoms with van der Waals surface area (Å²) in [4.78, 5) is 125. The van der Waals surface area contributed by atoms with Crippen LogP contribution in [0.2, 0.25) is 5.02 Å². The number of hydrogen-bond donors (Lipinski definition) is 13. The van der Waals surface area contributed by atoms with Crippen LogP contribution in [0.5, 0.6) is 11.5 Å². The number of aliphatic hydroxyl groups excluding tert-OH is 1. The third kappa shape index (κ3) is 20.2. The number of carbonyl (C=O) groups is 9. The van der Waals surface area contributed by atoms with Crippen LogP contribution in [0.15, 0.2) is 97.1 Å². The zero-order valence-electron chi connectivity index (χ0n) is 43.2. The average molecular weight is 1150 g/mol. The highest BCUT2D eigenvalue weighted by molar-refractivity contribution is 8.76. The lowest BCUT2D eigenvalue weighted by Crippen LogP contribution is -2.62. The fourth-order valence-corrected chi connectivity index (χ4v) is 10.8. The molecule has 1 saturated heterocycles. The van der Waals surface area contributed by atoms with E-state index < -0.39 is 114 Å².